The summed E-state index contributed by atoms with van der Waals surface area (Å²) in [5.41, 5.74) is -0.939. The number of guanidine groups is 1. The second-order valence-electron chi connectivity index (χ2n) is 12.5. The van der Waals surface area contributed by atoms with Crippen LogP contribution in [0.1, 0.15) is 66.2 Å². The van der Waals surface area contributed by atoms with Gasteiger partial charge in [-0.25, -0.2) is 19.0 Å². The van der Waals surface area contributed by atoms with Gasteiger partial charge in [0.05, 0.1) is 5.92 Å². The van der Waals surface area contributed by atoms with E-state index in [1.165, 1.54) is 12.3 Å². The third-order valence-electron chi connectivity index (χ3n) is 6.17. The van der Waals surface area contributed by atoms with Crippen LogP contribution >= 0.6 is 0 Å². The maximum atomic E-state index is 14.1. The number of hydrogen-bond acceptors (Lipinski definition) is 10. The summed E-state index contributed by atoms with van der Waals surface area (Å²) < 4.78 is 71.1. The van der Waals surface area contributed by atoms with Crippen LogP contribution in [0.2, 0.25) is 0 Å². The Labute approximate surface area is 267 Å². The van der Waals surface area contributed by atoms with E-state index in [2.05, 4.69) is 35.5 Å². The zero-order valence-electron chi connectivity index (χ0n) is 26.6. The van der Waals surface area contributed by atoms with Crippen molar-refractivity contribution in [2.24, 2.45) is 4.99 Å². The number of anilines is 2. The number of carbonyl (C=O) groups excluding carboxylic acids is 2. The molecule has 3 aromatic rings. The summed E-state index contributed by atoms with van der Waals surface area (Å²) in [5, 5.41) is 9.42. The lowest BCUT2D eigenvalue weighted by Gasteiger charge is -2.33. The zero-order valence-corrected chi connectivity index (χ0v) is 26.6. The number of pyridine rings is 1. The Kier molecular flexibility index (Phi) is 10.3. The van der Waals surface area contributed by atoms with Gasteiger partial charge in [-0.3, -0.25) is 5.32 Å². The fourth-order valence-electron chi connectivity index (χ4n) is 4.37. The molecule has 47 heavy (non-hydrogen) atoms. The predicted molar refractivity (Wildman–Crippen MR) is 160 cm³/mol. The van der Waals surface area contributed by atoms with Gasteiger partial charge in [0.2, 0.25) is 17.7 Å². The van der Waals surface area contributed by atoms with E-state index in [1.54, 1.807) is 58.6 Å². The molecule has 1 fully saturated rings. The van der Waals surface area contributed by atoms with Crippen LogP contribution in [0.4, 0.5) is 38.7 Å². The lowest BCUT2D eigenvalue weighted by atomic mass is 9.98. The van der Waals surface area contributed by atoms with Crippen LogP contribution in [0.3, 0.4) is 0 Å². The second kappa shape index (κ2) is 13.8. The molecule has 0 spiro atoms. The Balaban J connectivity index is 1.45. The Morgan fingerprint density at radius 1 is 1.04 bits per heavy atom. The number of aromatic nitrogens is 3. The van der Waals surface area contributed by atoms with E-state index in [-0.39, 0.29) is 35.8 Å². The van der Waals surface area contributed by atoms with E-state index in [0.717, 1.165) is 12.1 Å². The molecule has 13 nitrogen and oxygen atoms in total. The van der Waals surface area contributed by atoms with Crippen molar-refractivity contribution in [3.05, 3.63) is 48.2 Å². The zero-order chi connectivity index (χ0) is 34.6. The van der Waals surface area contributed by atoms with Gasteiger partial charge in [0.15, 0.2) is 11.6 Å². The molecular weight excluding hydrogens is 630 g/mol. The van der Waals surface area contributed by atoms with Gasteiger partial charge in [-0.05, 0) is 78.6 Å². The van der Waals surface area contributed by atoms with Gasteiger partial charge >= 0.3 is 18.5 Å². The maximum Gasteiger partial charge on any atom is 0.573 e. The minimum atomic E-state index is -5.02. The van der Waals surface area contributed by atoms with E-state index >= 15 is 0 Å². The molecule has 2 aromatic heterocycles. The first kappa shape index (κ1) is 34.9. The van der Waals surface area contributed by atoms with Crippen LogP contribution in [-0.4, -0.2) is 68.8 Å². The molecule has 1 aliphatic heterocycles. The number of nitrogens with zero attached hydrogens (tertiary/aromatic N) is 5. The average Bonchev–Trinajstić information content (AvgIpc) is 3.43. The lowest BCUT2D eigenvalue weighted by Crippen LogP contribution is -2.49. The third-order valence-corrected chi connectivity index (χ3v) is 6.17. The number of hydrogen-bond donors (Lipinski definition) is 2. The molecule has 0 aliphatic carbocycles. The molecule has 2 amide bonds. The van der Waals surface area contributed by atoms with Crippen LogP contribution < -0.4 is 15.4 Å². The van der Waals surface area contributed by atoms with E-state index < -0.39 is 41.3 Å². The topological polar surface area (TPSA) is 153 Å². The maximum absolute atomic E-state index is 14.1. The minimum absolute atomic E-state index is 0.0346. The Morgan fingerprint density at radius 2 is 1.77 bits per heavy atom. The summed E-state index contributed by atoms with van der Waals surface area (Å²) in [4.78, 5) is 39.6. The van der Waals surface area contributed by atoms with Crippen molar-refractivity contribution in [3.63, 3.8) is 0 Å². The molecule has 1 saturated heterocycles. The number of alkyl halides is 3. The van der Waals surface area contributed by atoms with E-state index in [4.69, 9.17) is 14.0 Å². The highest BCUT2D eigenvalue weighted by Gasteiger charge is 2.33. The molecule has 1 aromatic carbocycles. The molecule has 0 radical (unpaired) electrons. The van der Waals surface area contributed by atoms with E-state index in [0.29, 0.717) is 30.8 Å². The third kappa shape index (κ3) is 10.8. The quantitative estimate of drug-likeness (QED) is 0.166. The summed E-state index contributed by atoms with van der Waals surface area (Å²) >= 11 is 0. The molecular formula is C30H35F4N7O6. The first-order valence-electron chi connectivity index (χ1n) is 14.5. The lowest BCUT2D eigenvalue weighted by molar-refractivity contribution is -0.275. The SMILES string of the molecule is CC(C)(C)OC(=O)N=C(NC(=O)OC(C)(C)C)N1CCC[C@@H](c2nc(-c3ccc(Nc4ccc(OC(F)(F)F)c(F)c4)nc3)no2)C1. The van der Waals surface area contributed by atoms with E-state index in [9.17, 15) is 27.2 Å². The Morgan fingerprint density at radius 3 is 2.38 bits per heavy atom. The number of rotatable bonds is 5. The van der Waals surface area contributed by atoms with Crippen LogP contribution in [0.25, 0.3) is 11.4 Å². The number of alkyl carbamates (subject to hydrolysis) is 1. The Bertz CT molecular complexity index is 1600. The van der Waals surface area contributed by atoms with Gasteiger partial charge in [0.25, 0.3) is 0 Å². The van der Waals surface area contributed by atoms with Crippen LogP contribution in [0, 0.1) is 5.82 Å². The average molecular weight is 666 g/mol. The van der Waals surface area contributed by atoms with Crippen LogP contribution in [0.15, 0.2) is 46.0 Å². The number of nitrogens with one attached hydrogen (secondary N) is 2. The van der Waals surface area contributed by atoms with Gasteiger partial charge in [0, 0.05) is 36.6 Å². The molecule has 0 unspecified atom stereocenters. The van der Waals surface area contributed by atoms with Crippen molar-refractivity contribution in [1.82, 2.24) is 25.3 Å². The van der Waals surface area contributed by atoms with Crippen LogP contribution in [-0.2, 0) is 9.47 Å². The van der Waals surface area contributed by atoms with Crippen molar-refractivity contribution < 1.29 is 45.9 Å². The molecule has 3 heterocycles. The molecule has 0 bridgehead atoms. The monoisotopic (exact) mass is 665 g/mol. The molecule has 1 aliphatic rings. The van der Waals surface area contributed by atoms with Gasteiger partial charge in [-0.15, -0.1) is 18.2 Å². The van der Waals surface area contributed by atoms with Crippen molar-refractivity contribution in [2.75, 3.05) is 18.4 Å². The van der Waals surface area contributed by atoms with Gasteiger partial charge in [0.1, 0.15) is 17.0 Å². The highest BCUT2D eigenvalue weighted by molar-refractivity contribution is 5.99. The van der Waals surface area contributed by atoms with Crippen molar-refractivity contribution in [3.8, 4) is 17.1 Å². The number of amides is 2. The highest BCUT2D eigenvalue weighted by atomic mass is 19.4. The smallest absolute Gasteiger partial charge is 0.444 e. The summed E-state index contributed by atoms with van der Waals surface area (Å²) in [6, 6.07) is 6.10. The summed E-state index contributed by atoms with van der Waals surface area (Å²) in [5.74, 6) is -1.63. The van der Waals surface area contributed by atoms with Crippen molar-refractivity contribution in [2.45, 2.75) is 77.9 Å². The fourth-order valence-corrected chi connectivity index (χ4v) is 4.37. The fraction of sp³-hybridized carbons (Fsp3) is 0.467. The summed E-state index contributed by atoms with van der Waals surface area (Å²) in [6.07, 6.45) is -3.92. The van der Waals surface area contributed by atoms with Crippen LogP contribution in [0.5, 0.6) is 5.75 Å². The summed E-state index contributed by atoms with van der Waals surface area (Å²) in [7, 11) is 0. The largest absolute Gasteiger partial charge is 0.573 e. The van der Waals surface area contributed by atoms with Gasteiger partial charge < -0.3 is 29.0 Å². The molecule has 0 saturated carbocycles. The molecule has 254 valence electrons. The normalized spacial score (nSPS) is 16.0. The van der Waals surface area contributed by atoms with Crippen molar-refractivity contribution >= 4 is 29.7 Å². The number of likely N-dealkylation sites (tertiary alicyclic amines) is 1. The number of ether oxygens (including phenoxy) is 3. The molecule has 2 N–H and O–H groups in total. The minimum Gasteiger partial charge on any atom is -0.444 e. The molecule has 4 rings (SSSR count). The number of piperidine rings is 1. The molecule has 1 atom stereocenters. The summed E-state index contributed by atoms with van der Waals surface area (Å²) in [6.45, 7) is 11.0. The molecule has 17 heteroatoms. The Hall–Kier alpha value is -4.96. The first-order valence-corrected chi connectivity index (χ1v) is 14.5. The van der Waals surface area contributed by atoms with Gasteiger partial charge in [-0.1, -0.05) is 5.16 Å². The number of aliphatic imine (C=N–C) groups is 1. The number of carbonyl (C=O) groups is 2. The predicted octanol–water partition coefficient (Wildman–Crippen LogP) is 6.91. The van der Waals surface area contributed by atoms with Gasteiger partial charge in [-0.2, -0.15) is 4.98 Å². The van der Waals surface area contributed by atoms with Crippen molar-refractivity contribution in [1.29, 1.82) is 0 Å². The van der Waals surface area contributed by atoms with E-state index in [1.807, 2.05) is 0 Å². The highest BCUT2D eigenvalue weighted by Crippen LogP contribution is 2.30. The number of halogens is 4. The second-order valence-corrected chi connectivity index (χ2v) is 12.5. The standard InChI is InChI=1S/C30H35F4N7O6/c1-28(2,3)45-26(42)38-25(39-27(43)46-29(4,5)6)41-13-7-8-18(16-41)24-37-23(40-47-24)17-9-12-22(35-15-17)36-19-10-11-21(20(31)14-19)44-30(32,33)34/h9-12,14-15,18H,7-8,13,16H2,1-6H3,(H,35,36)(H,38,39,42,43)/t18-/m1/s1. The number of benzene rings is 1. The first-order chi connectivity index (χ1) is 21.8.